The summed E-state index contributed by atoms with van der Waals surface area (Å²) in [6.45, 7) is 4.91. The summed E-state index contributed by atoms with van der Waals surface area (Å²) in [6.07, 6.45) is 0.891. The van der Waals surface area contributed by atoms with Gasteiger partial charge in [0.15, 0.2) is 0 Å². The molecule has 0 aromatic carbocycles. The predicted molar refractivity (Wildman–Crippen MR) is 50.7 cm³/mol. The molecular formula is C9H15N3O. The maximum Gasteiger partial charge on any atom is 0.216 e. The van der Waals surface area contributed by atoms with E-state index in [2.05, 4.69) is 16.9 Å². The van der Waals surface area contributed by atoms with Gasteiger partial charge in [-0.05, 0) is 13.3 Å². The predicted octanol–water partition coefficient (Wildman–Crippen LogP) is 0.685. The number of rotatable bonds is 4. The van der Waals surface area contributed by atoms with Crippen LogP contribution in [-0.4, -0.2) is 23.1 Å². The summed E-state index contributed by atoms with van der Waals surface area (Å²) < 4.78 is 5.30. The molecule has 1 heterocycles. The van der Waals surface area contributed by atoms with Gasteiger partial charge < -0.3 is 10.5 Å². The molecule has 0 unspecified atom stereocenters. The summed E-state index contributed by atoms with van der Waals surface area (Å²) in [4.78, 5) is 8.37. The maximum atomic E-state index is 5.32. The Kier molecular flexibility index (Phi) is 3.64. The van der Waals surface area contributed by atoms with E-state index in [9.17, 15) is 0 Å². The van der Waals surface area contributed by atoms with Crippen molar-refractivity contribution in [2.24, 2.45) is 5.73 Å². The van der Waals surface area contributed by atoms with E-state index in [1.807, 2.05) is 13.0 Å². The van der Waals surface area contributed by atoms with Crippen LogP contribution in [0.2, 0.25) is 0 Å². The third-order valence-electron chi connectivity index (χ3n) is 1.60. The van der Waals surface area contributed by atoms with E-state index in [1.165, 1.54) is 0 Å². The Morgan fingerprint density at radius 2 is 2.23 bits per heavy atom. The first-order valence-corrected chi connectivity index (χ1v) is 4.43. The fourth-order valence-electron chi connectivity index (χ4n) is 1.02. The Bertz CT molecular complexity index is 276. The highest BCUT2D eigenvalue weighted by Gasteiger charge is 2.00. The highest BCUT2D eigenvalue weighted by atomic mass is 16.5. The van der Waals surface area contributed by atoms with Gasteiger partial charge in [-0.3, -0.25) is 0 Å². The maximum absolute atomic E-state index is 5.32. The Hall–Kier alpha value is -1.16. The van der Waals surface area contributed by atoms with Gasteiger partial charge in [-0.25, -0.2) is 4.98 Å². The van der Waals surface area contributed by atoms with E-state index in [0.29, 0.717) is 19.0 Å². The van der Waals surface area contributed by atoms with Crippen molar-refractivity contribution in [2.45, 2.75) is 20.3 Å². The molecule has 0 aliphatic heterocycles. The number of nitrogens with two attached hydrogens (primary N) is 1. The fraction of sp³-hybridized carbons (Fsp3) is 0.556. The summed E-state index contributed by atoms with van der Waals surface area (Å²) in [6, 6.07) is 1.85. The summed E-state index contributed by atoms with van der Waals surface area (Å²) in [5.74, 6) is 1.36. The van der Waals surface area contributed by atoms with Crippen LogP contribution in [-0.2, 0) is 6.42 Å². The minimum absolute atomic E-state index is 0.500. The van der Waals surface area contributed by atoms with Crippen LogP contribution >= 0.6 is 0 Å². The van der Waals surface area contributed by atoms with E-state index in [1.54, 1.807) is 0 Å². The first-order valence-electron chi connectivity index (χ1n) is 4.43. The van der Waals surface area contributed by atoms with Gasteiger partial charge >= 0.3 is 0 Å². The average Bonchev–Trinajstić information content (AvgIpc) is 2.14. The van der Waals surface area contributed by atoms with Crippen LogP contribution in [0, 0.1) is 6.92 Å². The van der Waals surface area contributed by atoms with E-state index in [0.717, 1.165) is 17.9 Å². The lowest BCUT2D eigenvalue weighted by atomic mass is 10.3. The Balaban J connectivity index is 2.76. The van der Waals surface area contributed by atoms with Crippen molar-refractivity contribution in [1.29, 1.82) is 0 Å². The van der Waals surface area contributed by atoms with Crippen molar-refractivity contribution in [3.05, 3.63) is 17.6 Å². The van der Waals surface area contributed by atoms with Crippen LogP contribution in [0.15, 0.2) is 6.07 Å². The molecule has 0 atom stereocenters. The first kappa shape index (κ1) is 9.92. The van der Waals surface area contributed by atoms with Crippen molar-refractivity contribution < 1.29 is 4.74 Å². The number of aryl methyl sites for hydroxylation is 2. The Morgan fingerprint density at radius 3 is 2.85 bits per heavy atom. The van der Waals surface area contributed by atoms with Gasteiger partial charge in [0.05, 0.1) is 0 Å². The lowest BCUT2D eigenvalue weighted by Gasteiger charge is -2.05. The molecule has 0 bridgehead atoms. The smallest absolute Gasteiger partial charge is 0.216 e. The van der Waals surface area contributed by atoms with E-state index >= 15 is 0 Å². The van der Waals surface area contributed by atoms with Gasteiger partial charge in [-0.1, -0.05) is 6.92 Å². The SMILES string of the molecule is CCc1cc(OCCN)nc(C)n1. The third-order valence-corrected chi connectivity index (χ3v) is 1.60. The highest BCUT2D eigenvalue weighted by molar-refractivity contribution is 5.15. The molecule has 0 spiro atoms. The zero-order valence-electron chi connectivity index (χ0n) is 8.08. The number of ether oxygens (including phenoxy) is 1. The van der Waals surface area contributed by atoms with Crippen LogP contribution < -0.4 is 10.5 Å². The van der Waals surface area contributed by atoms with Crippen LogP contribution in [0.1, 0.15) is 18.4 Å². The van der Waals surface area contributed by atoms with Gasteiger partial charge in [0.1, 0.15) is 12.4 Å². The molecule has 72 valence electrons. The Morgan fingerprint density at radius 1 is 1.46 bits per heavy atom. The quantitative estimate of drug-likeness (QED) is 0.742. The number of hydrogen-bond donors (Lipinski definition) is 1. The third kappa shape index (κ3) is 2.99. The molecule has 0 fully saturated rings. The zero-order chi connectivity index (χ0) is 9.68. The molecule has 0 saturated heterocycles. The molecule has 1 aromatic rings. The second-order valence-corrected chi connectivity index (χ2v) is 2.74. The number of hydrogen-bond acceptors (Lipinski definition) is 4. The van der Waals surface area contributed by atoms with E-state index in [4.69, 9.17) is 10.5 Å². The van der Waals surface area contributed by atoms with Gasteiger partial charge in [0.2, 0.25) is 5.88 Å². The van der Waals surface area contributed by atoms with Crippen molar-refractivity contribution in [3.63, 3.8) is 0 Å². The molecule has 0 saturated carbocycles. The largest absolute Gasteiger partial charge is 0.476 e. The van der Waals surface area contributed by atoms with Gasteiger partial charge in [-0.15, -0.1) is 0 Å². The highest BCUT2D eigenvalue weighted by Crippen LogP contribution is 2.09. The fourth-order valence-corrected chi connectivity index (χ4v) is 1.02. The molecule has 2 N–H and O–H groups in total. The van der Waals surface area contributed by atoms with Gasteiger partial charge in [0.25, 0.3) is 0 Å². The summed E-state index contributed by atoms with van der Waals surface area (Å²) >= 11 is 0. The minimum Gasteiger partial charge on any atom is -0.476 e. The average molecular weight is 181 g/mol. The van der Waals surface area contributed by atoms with Crippen molar-refractivity contribution in [3.8, 4) is 5.88 Å². The molecule has 4 nitrogen and oxygen atoms in total. The molecule has 0 radical (unpaired) electrons. The normalized spacial score (nSPS) is 10.1. The van der Waals surface area contributed by atoms with Crippen LogP contribution in [0.3, 0.4) is 0 Å². The van der Waals surface area contributed by atoms with Gasteiger partial charge in [-0.2, -0.15) is 4.98 Å². The Labute approximate surface area is 78.1 Å². The van der Waals surface area contributed by atoms with E-state index in [-0.39, 0.29) is 0 Å². The van der Waals surface area contributed by atoms with E-state index < -0.39 is 0 Å². The lowest BCUT2D eigenvalue weighted by molar-refractivity contribution is 0.313. The molecule has 0 aliphatic carbocycles. The van der Waals surface area contributed by atoms with Crippen LogP contribution in [0.25, 0.3) is 0 Å². The summed E-state index contributed by atoms with van der Waals surface area (Å²) in [5.41, 5.74) is 6.32. The number of nitrogens with zero attached hydrogens (tertiary/aromatic N) is 2. The molecule has 0 aliphatic rings. The zero-order valence-corrected chi connectivity index (χ0v) is 8.08. The van der Waals surface area contributed by atoms with Gasteiger partial charge in [0, 0.05) is 18.3 Å². The molecule has 4 heteroatoms. The van der Waals surface area contributed by atoms with Crippen molar-refractivity contribution in [1.82, 2.24) is 9.97 Å². The molecule has 1 rings (SSSR count). The first-order chi connectivity index (χ1) is 6.26. The second-order valence-electron chi connectivity index (χ2n) is 2.74. The minimum atomic E-state index is 0.500. The van der Waals surface area contributed by atoms with Crippen molar-refractivity contribution in [2.75, 3.05) is 13.2 Å². The summed E-state index contributed by atoms with van der Waals surface area (Å²) in [7, 11) is 0. The van der Waals surface area contributed by atoms with Crippen LogP contribution in [0.4, 0.5) is 0 Å². The lowest BCUT2D eigenvalue weighted by Crippen LogP contribution is -2.12. The second kappa shape index (κ2) is 4.77. The van der Waals surface area contributed by atoms with Crippen LogP contribution in [0.5, 0.6) is 5.88 Å². The number of aromatic nitrogens is 2. The topological polar surface area (TPSA) is 61.0 Å². The molecular weight excluding hydrogens is 166 g/mol. The van der Waals surface area contributed by atoms with Crippen molar-refractivity contribution >= 4 is 0 Å². The summed E-state index contributed by atoms with van der Waals surface area (Å²) in [5, 5.41) is 0. The molecule has 1 aromatic heterocycles. The monoisotopic (exact) mass is 181 g/mol. The molecule has 0 amide bonds. The standard InChI is InChI=1S/C9H15N3O/c1-3-8-6-9(13-5-4-10)12-7(2)11-8/h6H,3-5,10H2,1-2H3. The molecule has 13 heavy (non-hydrogen) atoms.